The van der Waals surface area contributed by atoms with Crippen molar-refractivity contribution in [2.24, 2.45) is 5.92 Å². The number of amides is 2. The van der Waals surface area contributed by atoms with E-state index < -0.39 is 11.9 Å². The summed E-state index contributed by atoms with van der Waals surface area (Å²) in [7, 11) is 1.62. The van der Waals surface area contributed by atoms with E-state index in [1.807, 2.05) is 45.0 Å². The number of hydrogen-bond acceptors (Lipinski definition) is 5. The lowest BCUT2D eigenvalue weighted by atomic mass is 10.0. The molecular weight excluding hydrogens is 434 g/mol. The van der Waals surface area contributed by atoms with Crippen LogP contribution in [0.5, 0.6) is 5.75 Å². The number of ether oxygens (including phenoxy) is 1. The summed E-state index contributed by atoms with van der Waals surface area (Å²) in [6.45, 7) is 5.69. The summed E-state index contributed by atoms with van der Waals surface area (Å²) in [6.07, 6.45) is 0. The first-order chi connectivity index (χ1) is 14.8. The highest BCUT2D eigenvalue weighted by atomic mass is 35.5. The maximum atomic E-state index is 12.9. The molecule has 3 rings (SSSR count). The van der Waals surface area contributed by atoms with E-state index in [4.69, 9.17) is 16.3 Å². The molecule has 3 aromatic rings. The molecule has 0 radical (unpaired) electrons. The van der Waals surface area contributed by atoms with Crippen molar-refractivity contribution in [1.29, 1.82) is 0 Å². The molecule has 0 saturated carbocycles. The lowest BCUT2D eigenvalue weighted by Crippen LogP contribution is -2.47. The molecule has 0 fully saturated rings. The third-order valence-electron chi connectivity index (χ3n) is 4.74. The van der Waals surface area contributed by atoms with Gasteiger partial charge in [-0.1, -0.05) is 37.6 Å². The van der Waals surface area contributed by atoms with Gasteiger partial charge in [-0.3, -0.25) is 9.59 Å². The van der Waals surface area contributed by atoms with Gasteiger partial charge in [0.25, 0.3) is 5.91 Å². The molecule has 1 aromatic heterocycles. The van der Waals surface area contributed by atoms with E-state index in [9.17, 15) is 9.59 Å². The van der Waals surface area contributed by atoms with Crippen LogP contribution in [-0.2, 0) is 4.79 Å². The third kappa shape index (κ3) is 5.42. The quantitative estimate of drug-likeness (QED) is 0.512. The fraction of sp³-hybridized carbons (Fsp3) is 0.261. The van der Waals surface area contributed by atoms with Gasteiger partial charge in [-0.2, -0.15) is 0 Å². The Hall–Kier alpha value is -2.90. The first-order valence-electron chi connectivity index (χ1n) is 9.78. The monoisotopic (exact) mass is 457 g/mol. The lowest BCUT2D eigenvalue weighted by molar-refractivity contribution is -0.118. The number of nitrogens with one attached hydrogen (secondary N) is 2. The average Bonchev–Trinajstić information content (AvgIpc) is 3.11. The molecule has 2 N–H and O–H groups in total. The zero-order chi connectivity index (χ0) is 22.5. The van der Waals surface area contributed by atoms with Crippen molar-refractivity contribution in [3.63, 3.8) is 0 Å². The molecule has 0 bridgehead atoms. The standard InChI is InChI=1S/C23H24ClN3O3S/c1-13(2)19(25-21(28)17-7-5-6-8-18(17)24)22(29)27-23-26-20(14(3)31-23)15-9-11-16(30-4)12-10-15/h5-13,19H,1-4H3,(H,25,28)(H,26,27,29). The Kier molecular flexibility index (Phi) is 7.30. The largest absolute Gasteiger partial charge is 0.497 e. The maximum Gasteiger partial charge on any atom is 0.253 e. The van der Waals surface area contributed by atoms with Gasteiger partial charge in [-0.25, -0.2) is 4.98 Å². The van der Waals surface area contributed by atoms with E-state index in [1.165, 1.54) is 11.3 Å². The van der Waals surface area contributed by atoms with Crippen LogP contribution in [0.25, 0.3) is 11.3 Å². The number of rotatable bonds is 7. The number of aryl methyl sites for hydroxylation is 1. The summed E-state index contributed by atoms with van der Waals surface area (Å²) in [6, 6.07) is 13.6. The van der Waals surface area contributed by atoms with Crippen LogP contribution < -0.4 is 15.4 Å². The minimum atomic E-state index is -0.739. The van der Waals surface area contributed by atoms with Crippen LogP contribution in [0.4, 0.5) is 5.13 Å². The van der Waals surface area contributed by atoms with Crippen molar-refractivity contribution < 1.29 is 14.3 Å². The number of carbonyl (C=O) groups is 2. The summed E-state index contributed by atoms with van der Waals surface area (Å²) < 4.78 is 5.20. The number of aromatic nitrogens is 1. The molecule has 2 amide bonds. The van der Waals surface area contributed by atoms with Crippen LogP contribution >= 0.6 is 22.9 Å². The van der Waals surface area contributed by atoms with Crippen molar-refractivity contribution in [2.45, 2.75) is 26.8 Å². The van der Waals surface area contributed by atoms with Crippen LogP contribution in [0, 0.1) is 12.8 Å². The predicted molar refractivity (Wildman–Crippen MR) is 125 cm³/mol. The van der Waals surface area contributed by atoms with Crippen LogP contribution in [0.15, 0.2) is 48.5 Å². The zero-order valence-corrected chi connectivity index (χ0v) is 19.3. The molecule has 8 heteroatoms. The molecule has 1 atom stereocenters. The molecule has 0 spiro atoms. The average molecular weight is 458 g/mol. The Morgan fingerprint density at radius 2 is 1.77 bits per heavy atom. The number of methoxy groups -OCH3 is 1. The zero-order valence-electron chi connectivity index (χ0n) is 17.7. The van der Waals surface area contributed by atoms with Gasteiger partial charge in [0, 0.05) is 10.4 Å². The Bertz CT molecular complexity index is 1080. The number of halogens is 1. The van der Waals surface area contributed by atoms with Crippen LogP contribution in [0.1, 0.15) is 29.1 Å². The van der Waals surface area contributed by atoms with Crippen molar-refractivity contribution in [1.82, 2.24) is 10.3 Å². The van der Waals surface area contributed by atoms with Gasteiger partial charge in [-0.05, 0) is 49.2 Å². The first kappa shape index (κ1) is 22.8. The fourth-order valence-corrected chi connectivity index (χ4v) is 4.11. The molecule has 0 aliphatic rings. The van der Waals surface area contributed by atoms with Gasteiger partial charge < -0.3 is 15.4 Å². The molecular formula is C23H24ClN3O3S. The Morgan fingerprint density at radius 3 is 2.39 bits per heavy atom. The van der Waals surface area contributed by atoms with Gasteiger partial charge >= 0.3 is 0 Å². The highest BCUT2D eigenvalue weighted by Gasteiger charge is 2.26. The van der Waals surface area contributed by atoms with Gasteiger partial charge in [0.05, 0.1) is 23.4 Å². The second kappa shape index (κ2) is 9.94. The second-order valence-electron chi connectivity index (χ2n) is 7.32. The number of nitrogens with zero attached hydrogens (tertiary/aromatic N) is 1. The number of hydrogen-bond donors (Lipinski definition) is 2. The van der Waals surface area contributed by atoms with E-state index in [1.54, 1.807) is 31.4 Å². The van der Waals surface area contributed by atoms with Crippen molar-refractivity contribution in [2.75, 3.05) is 12.4 Å². The minimum Gasteiger partial charge on any atom is -0.497 e. The van der Waals surface area contributed by atoms with Gasteiger partial charge in [0.15, 0.2) is 5.13 Å². The molecule has 2 aromatic carbocycles. The van der Waals surface area contributed by atoms with Crippen LogP contribution in [0.2, 0.25) is 5.02 Å². The van der Waals surface area contributed by atoms with Gasteiger partial charge in [0.2, 0.25) is 5.91 Å². The predicted octanol–water partition coefficient (Wildman–Crippen LogP) is 5.17. The summed E-state index contributed by atoms with van der Waals surface area (Å²) in [5.74, 6) is -0.0909. The molecule has 1 heterocycles. The van der Waals surface area contributed by atoms with E-state index in [0.29, 0.717) is 15.7 Å². The van der Waals surface area contributed by atoms with Crippen LogP contribution in [-0.4, -0.2) is 29.9 Å². The summed E-state index contributed by atoms with van der Waals surface area (Å²) in [5, 5.41) is 6.44. The van der Waals surface area contributed by atoms with E-state index in [0.717, 1.165) is 21.9 Å². The summed E-state index contributed by atoms with van der Waals surface area (Å²) >= 11 is 7.50. The Labute approximate surface area is 190 Å². The van der Waals surface area contributed by atoms with Gasteiger partial charge in [-0.15, -0.1) is 11.3 Å². The first-order valence-corrected chi connectivity index (χ1v) is 11.0. The highest BCUT2D eigenvalue weighted by Crippen LogP contribution is 2.31. The van der Waals surface area contributed by atoms with Crippen LogP contribution in [0.3, 0.4) is 0 Å². The second-order valence-corrected chi connectivity index (χ2v) is 8.93. The van der Waals surface area contributed by atoms with E-state index in [2.05, 4.69) is 15.6 Å². The topological polar surface area (TPSA) is 80.3 Å². The van der Waals surface area contributed by atoms with E-state index in [-0.39, 0.29) is 11.8 Å². The van der Waals surface area contributed by atoms with Crippen molar-refractivity contribution in [3.05, 3.63) is 64.0 Å². The minimum absolute atomic E-state index is 0.131. The van der Waals surface area contributed by atoms with Crippen molar-refractivity contribution >= 4 is 39.9 Å². The van der Waals surface area contributed by atoms with Crippen molar-refractivity contribution in [3.8, 4) is 17.0 Å². The molecule has 31 heavy (non-hydrogen) atoms. The fourth-order valence-electron chi connectivity index (χ4n) is 3.05. The smallest absolute Gasteiger partial charge is 0.253 e. The third-order valence-corrected chi connectivity index (χ3v) is 5.96. The number of carbonyl (C=O) groups excluding carboxylic acids is 2. The normalized spacial score (nSPS) is 11.8. The van der Waals surface area contributed by atoms with E-state index >= 15 is 0 Å². The van der Waals surface area contributed by atoms with Gasteiger partial charge in [0.1, 0.15) is 11.8 Å². The Morgan fingerprint density at radius 1 is 1.10 bits per heavy atom. The molecule has 6 nitrogen and oxygen atoms in total. The Balaban J connectivity index is 1.75. The molecule has 0 saturated heterocycles. The summed E-state index contributed by atoms with van der Waals surface area (Å²) in [5.41, 5.74) is 2.06. The SMILES string of the molecule is COc1ccc(-c2nc(NC(=O)C(NC(=O)c3ccccc3Cl)C(C)C)sc2C)cc1. The number of anilines is 1. The molecule has 0 aliphatic heterocycles. The molecule has 1 unspecified atom stereocenters. The summed E-state index contributed by atoms with van der Waals surface area (Å²) in [4.78, 5) is 31.1. The number of thiazole rings is 1. The molecule has 162 valence electrons. The highest BCUT2D eigenvalue weighted by molar-refractivity contribution is 7.16. The number of benzene rings is 2. The lowest BCUT2D eigenvalue weighted by Gasteiger charge is -2.21. The molecule has 0 aliphatic carbocycles. The maximum absolute atomic E-state index is 12.9.